The molecule has 0 atom stereocenters. The predicted octanol–water partition coefficient (Wildman–Crippen LogP) is 2.88. The maximum atomic E-state index is 10.3. The SMILES string of the molecule is O=CNc1ccc(OCc2cccnc2)c(Cl)c1. The standard InChI is InChI=1S/C13H11ClN2O2/c14-12-6-11(16-9-17)3-4-13(12)18-8-10-2-1-5-15-7-10/h1-7,9H,8H2,(H,16,17). The highest BCUT2D eigenvalue weighted by Crippen LogP contribution is 2.28. The molecule has 1 N–H and O–H groups in total. The number of hydrogen-bond donors (Lipinski definition) is 1. The fraction of sp³-hybridized carbons (Fsp3) is 0.0769. The second kappa shape index (κ2) is 6.02. The van der Waals surface area contributed by atoms with E-state index >= 15 is 0 Å². The number of aromatic nitrogens is 1. The Labute approximate surface area is 110 Å². The van der Waals surface area contributed by atoms with Crippen LogP contribution >= 0.6 is 11.6 Å². The van der Waals surface area contributed by atoms with E-state index in [1.807, 2.05) is 12.1 Å². The van der Waals surface area contributed by atoms with Gasteiger partial charge in [0, 0.05) is 23.6 Å². The Balaban J connectivity index is 2.03. The van der Waals surface area contributed by atoms with Crippen LogP contribution in [0.15, 0.2) is 42.7 Å². The molecule has 1 aromatic carbocycles. The van der Waals surface area contributed by atoms with Crippen LogP contribution in [0.25, 0.3) is 0 Å². The van der Waals surface area contributed by atoms with Gasteiger partial charge in [-0.1, -0.05) is 17.7 Å². The number of amides is 1. The Morgan fingerprint density at radius 1 is 1.39 bits per heavy atom. The highest BCUT2D eigenvalue weighted by molar-refractivity contribution is 6.32. The van der Waals surface area contributed by atoms with Crippen molar-refractivity contribution in [1.82, 2.24) is 4.98 Å². The Hall–Kier alpha value is -2.07. The first-order valence-corrected chi connectivity index (χ1v) is 5.69. The second-order valence-corrected chi connectivity index (χ2v) is 3.96. The molecule has 0 saturated carbocycles. The predicted molar refractivity (Wildman–Crippen MR) is 69.7 cm³/mol. The number of nitrogens with zero attached hydrogens (tertiary/aromatic N) is 1. The van der Waals surface area contributed by atoms with Crippen molar-refractivity contribution < 1.29 is 9.53 Å². The highest BCUT2D eigenvalue weighted by Gasteiger charge is 2.03. The zero-order chi connectivity index (χ0) is 12.8. The maximum absolute atomic E-state index is 10.3. The number of carbonyl (C=O) groups excluding carboxylic acids is 1. The number of benzene rings is 1. The molecule has 0 spiro atoms. The van der Waals surface area contributed by atoms with Gasteiger partial charge in [0.1, 0.15) is 12.4 Å². The molecule has 2 aromatic rings. The van der Waals surface area contributed by atoms with E-state index in [4.69, 9.17) is 16.3 Å². The van der Waals surface area contributed by atoms with Crippen LogP contribution in [0, 0.1) is 0 Å². The summed E-state index contributed by atoms with van der Waals surface area (Å²) < 4.78 is 5.57. The van der Waals surface area contributed by atoms with E-state index in [0.29, 0.717) is 29.5 Å². The first-order chi connectivity index (χ1) is 8.79. The zero-order valence-electron chi connectivity index (χ0n) is 9.47. The number of rotatable bonds is 5. The second-order valence-electron chi connectivity index (χ2n) is 3.56. The van der Waals surface area contributed by atoms with Crippen molar-refractivity contribution in [1.29, 1.82) is 0 Å². The van der Waals surface area contributed by atoms with Crippen LogP contribution in [0.5, 0.6) is 5.75 Å². The molecule has 2 rings (SSSR count). The third-order valence-electron chi connectivity index (χ3n) is 2.27. The largest absolute Gasteiger partial charge is 0.487 e. The summed E-state index contributed by atoms with van der Waals surface area (Å²) in [4.78, 5) is 14.3. The maximum Gasteiger partial charge on any atom is 0.211 e. The van der Waals surface area contributed by atoms with Crippen LogP contribution in [0.3, 0.4) is 0 Å². The molecular formula is C13H11ClN2O2. The highest BCUT2D eigenvalue weighted by atomic mass is 35.5. The molecule has 0 aliphatic heterocycles. The normalized spacial score (nSPS) is 9.83. The molecule has 0 aliphatic rings. The van der Waals surface area contributed by atoms with Gasteiger partial charge < -0.3 is 10.1 Å². The molecule has 5 heteroatoms. The number of halogens is 1. The van der Waals surface area contributed by atoms with Gasteiger partial charge in [-0.15, -0.1) is 0 Å². The molecule has 0 fully saturated rings. The van der Waals surface area contributed by atoms with Gasteiger partial charge in [0.15, 0.2) is 0 Å². The van der Waals surface area contributed by atoms with Gasteiger partial charge in [0.05, 0.1) is 5.02 Å². The van der Waals surface area contributed by atoms with E-state index in [2.05, 4.69) is 10.3 Å². The van der Waals surface area contributed by atoms with Crippen LogP contribution in [0.4, 0.5) is 5.69 Å². The molecule has 18 heavy (non-hydrogen) atoms. The van der Waals surface area contributed by atoms with Crippen molar-refractivity contribution in [3.63, 3.8) is 0 Å². The van der Waals surface area contributed by atoms with Gasteiger partial charge in [-0.05, 0) is 24.3 Å². The Morgan fingerprint density at radius 3 is 2.94 bits per heavy atom. The van der Waals surface area contributed by atoms with E-state index in [1.54, 1.807) is 30.6 Å². The van der Waals surface area contributed by atoms with Crippen molar-refractivity contribution in [3.8, 4) is 5.75 Å². The monoisotopic (exact) mass is 262 g/mol. The molecular weight excluding hydrogens is 252 g/mol. The van der Waals surface area contributed by atoms with E-state index in [0.717, 1.165) is 5.56 Å². The van der Waals surface area contributed by atoms with Gasteiger partial charge >= 0.3 is 0 Å². The molecule has 0 radical (unpaired) electrons. The molecule has 4 nitrogen and oxygen atoms in total. The average Bonchev–Trinajstić information content (AvgIpc) is 2.39. The van der Waals surface area contributed by atoms with Gasteiger partial charge in [0.2, 0.25) is 6.41 Å². The lowest BCUT2D eigenvalue weighted by Crippen LogP contribution is -1.98. The minimum absolute atomic E-state index is 0.397. The van der Waals surface area contributed by atoms with Gasteiger partial charge in [0.25, 0.3) is 0 Å². The number of anilines is 1. The molecule has 0 saturated heterocycles. The lowest BCUT2D eigenvalue weighted by molar-refractivity contribution is -0.105. The quantitative estimate of drug-likeness (QED) is 0.843. The van der Waals surface area contributed by atoms with Crippen LogP contribution < -0.4 is 10.1 Å². The van der Waals surface area contributed by atoms with E-state index < -0.39 is 0 Å². The van der Waals surface area contributed by atoms with Crippen molar-refractivity contribution >= 4 is 23.7 Å². The van der Waals surface area contributed by atoms with Crippen molar-refractivity contribution in [2.75, 3.05) is 5.32 Å². The van der Waals surface area contributed by atoms with Gasteiger partial charge in [-0.3, -0.25) is 9.78 Å². The van der Waals surface area contributed by atoms with Crippen LogP contribution in [0.2, 0.25) is 5.02 Å². The smallest absolute Gasteiger partial charge is 0.211 e. The van der Waals surface area contributed by atoms with Crippen LogP contribution in [-0.4, -0.2) is 11.4 Å². The third-order valence-corrected chi connectivity index (χ3v) is 2.57. The lowest BCUT2D eigenvalue weighted by atomic mass is 10.3. The Bertz CT molecular complexity index is 532. The van der Waals surface area contributed by atoms with E-state index in [1.165, 1.54) is 0 Å². The minimum atomic E-state index is 0.397. The fourth-order valence-electron chi connectivity index (χ4n) is 1.42. The first kappa shape index (κ1) is 12.4. The van der Waals surface area contributed by atoms with Crippen molar-refractivity contribution in [2.45, 2.75) is 6.61 Å². The topological polar surface area (TPSA) is 51.2 Å². The number of pyridine rings is 1. The van der Waals surface area contributed by atoms with Crippen LogP contribution in [0.1, 0.15) is 5.56 Å². The number of hydrogen-bond acceptors (Lipinski definition) is 3. The number of nitrogens with one attached hydrogen (secondary N) is 1. The zero-order valence-corrected chi connectivity index (χ0v) is 10.2. The molecule has 0 unspecified atom stereocenters. The third kappa shape index (κ3) is 3.21. The van der Waals surface area contributed by atoms with Gasteiger partial charge in [-0.2, -0.15) is 0 Å². The van der Waals surface area contributed by atoms with E-state index in [9.17, 15) is 4.79 Å². The Kier molecular flexibility index (Phi) is 4.15. The van der Waals surface area contributed by atoms with E-state index in [-0.39, 0.29) is 0 Å². The summed E-state index contributed by atoms with van der Waals surface area (Å²) in [5.41, 5.74) is 1.59. The van der Waals surface area contributed by atoms with Crippen molar-refractivity contribution in [2.24, 2.45) is 0 Å². The summed E-state index contributed by atoms with van der Waals surface area (Å²) in [6.45, 7) is 0.397. The summed E-state index contributed by atoms with van der Waals surface area (Å²) in [7, 11) is 0. The van der Waals surface area contributed by atoms with Crippen molar-refractivity contribution in [3.05, 3.63) is 53.3 Å². The summed E-state index contributed by atoms with van der Waals surface area (Å²) in [5.74, 6) is 0.567. The fourth-order valence-corrected chi connectivity index (χ4v) is 1.66. The molecule has 92 valence electrons. The molecule has 1 aromatic heterocycles. The summed E-state index contributed by atoms with van der Waals surface area (Å²) in [5, 5.41) is 2.97. The lowest BCUT2D eigenvalue weighted by Gasteiger charge is -2.09. The van der Waals surface area contributed by atoms with Gasteiger partial charge in [-0.25, -0.2) is 0 Å². The number of ether oxygens (including phenoxy) is 1. The molecule has 0 bridgehead atoms. The molecule has 1 heterocycles. The summed E-state index contributed by atoms with van der Waals surface area (Å²) >= 11 is 6.03. The molecule has 0 aliphatic carbocycles. The Morgan fingerprint density at radius 2 is 2.28 bits per heavy atom. The summed E-state index contributed by atoms with van der Waals surface area (Å²) in [6.07, 6.45) is 4.04. The number of carbonyl (C=O) groups is 1. The summed E-state index contributed by atoms with van der Waals surface area (Å²) in [6, 6.07) is 8.83. The first-order valence-electron chi connectivity index (χ1n) is 5.31. The average molecular weight is 263 g/mol. The minimum Gasteiger partial charge on any atom is -0.487 e. The molecule has 1 amide bonds. The van der Waals surface area contributed by atoms with Crippen LogP contribution in [-0.2, 0) is 11.4 Å².